The highest BCUT2D eigenvalue weighted by molar-refractivity contribution is 5.28. The Balaban J connectivity index is 2.68. The van der Waals surface area contributed by atoms with E-state index < -0.39 is 5.60 Å². The maximum Gasteiger partial charge on any atom is 0.115 e. The Morgan fingerprint density at radius 2 is 2.14 bits per heavy atom. The van der Waals surface area contributed by atoms with E-state index in [-0.39, 0.29) is 5.75 Å². The molecule has 78 valence electrons. The highest BCUT2D eigenvalue weighted by Gasteiger charge is 2.19. The van der Waals surface area contributed by atoms with Gasteiger partial charge in [-0.15, -0.1) is 0 Å². The van der Waals surface area contributed by atoms with E-state index >= 15 is 0 Å². The monoisotopic (exact) mass is 195 g/mol. The predicted molar refractivity (Wildman–Crippen MR) is 56.4 cm³/mol. The van der Waals surface area contributed by atoms with Gasteiger partial charge in [-0.1, -0.05) is 12.1 Å². The number of likely N-dealkylation sites (N-methyl/N-ethyl adjacent to an activating group) is 1. The van der Waals surface area contributed by atoms with Crippen molar-refractivity contribution in [1.82, 2.24) is 5.32 Å². The molecule has 1 unspecified atom stereocenters. The quantitative estimate of drug-likeness (QED) is 0.669. The first kappa shape index (κ1) is 11.0. The molecule has 0 heterocycles. The molecule has 1 aromatic carbocycles. The molecule has 0 aliphatic carbocycles. The van der Waals surface area contributed by atoms with Gasteiger partial charge in [0.1, 0.15) is 5.75 Å². The predicted octanol–water partition coefficient (Wildman–Crippen LogP) is 0.905. The van der Waals surface area contributed by atoms with Crippen LogP contribution >= 0.6 is 0 Å². The molecule has 3 N–H and O–H groups in total. The lowest BCUT2D eigenvalue weighted by molar-refractivity contribution is 0.0622. The summed E-state index contributed by atoms with van der Waals surface area (Å²) in [6, 6.07) is 6.96. The summed E-state index contributed by atoms with van der Waals surface area (Å²) >= 11 is 0. The van der Waals surface area contributed by atoms with Gasteiger partial charge < -0.3 is 15.5 Å². The van der Waals surface area contributed by atoms with E-state index in [1.807, 2.05) is 6.07 Å². The smallest absolute Gasteiger partial charge is 0.115 e. The van der Waals surface area contributed by atoms with Crippen LogP contribution in [0, 0.1) is 0 Å². The second-order valence-corrected chi connectivity index (χ2v) is 3.87. The Bertz CT molecular complexity index is 297. The molecular weight excluding hydrogens is 178 g/mol. The number of nitrogens with one attached hydrogen (secondary N) is 1. The molecule has 0 amide bonds. The number of hydrogen-bond donors (Lipinski definition) is 3. The molecule has 1 aromatic rings. The topological polar surface area (TPSA) is 52.5 Å². The van der Waals surface area contributed by atoms with Gasteiger partial charge in [0.25, 0.3) is 0 Å². The summed E-state index contributed by atoms with van der Waals surface area (Å²) < 4.78 is 0. The van der Waals surface area contributed by atoms with Gasteiger partial charge in [0.15, 0.2) is 0 Å². The fraction of sp³-hybridized carbons (Fsp3) is 0.455. The van der Waals surface area contributed by atoms with Crippen LogP contribution in [0.25, 0.3) is 0 Å². The summed E-state index contributed by atoms with van der Waals surface area (Å²) in [7, 11) is 1.80. The zero-order valence-electron chi connectivity index (χ0n) is 8.62. The van der Waals surface area contributed by atoms with Crippen LogP contribution in [-0.4, -0.2) is 29.4 Å². The number of hydrogen-bond acceptors (Lipinski definition) is 3. The minimum absolute atomic E-state index is 0.239. The molecule has 3 nitrogen and oxygen atoms in total. The van der Waals surface area contributed by atoms with Gasteiger partial charge in [-0.05, 0) is 31.7 Å². The summed E-state index contributed by atoms with van der Waals surface area (Å²) in [5, 5.41) is 22.1. The summed E-state index contributed by atoms with van der Waals surface area (Å²) in [5.41, 5.74) is 0.160. The van der Waals surface area contributed by atoms with Crippen LogP contribution in [0.15, 0.2) is 24.3 Å². The fourth-order valence-corrected chi connectivity index (χ4v) is 1.55. The largest absolute Gasteiger partial charge is 0.508 e. The Hall–Kier alpha value is -1.06. The molecule has 0 saturated heterocycles. The van der Waals surface area contributed by atoms with Crippen molar-refractivity contribution in [3.8, 4) is 5.75 Å². The maximum absolute atomic E-state index is 9.91. The second kappa shape index (κ2) is 4.44. The summed E-state index contributed by atoms with van der Waals surface area (Å²) in [6.07, 6.45) is 0.530. The number of rotatable bonds is 4. The van der Waals surface area contributed by atoms with Crippen molar-refractivity contribution in [2.24, 2.45) is 0 Å². The van der Waals surface area contributed by atoms with Crippen LogP contribution in [0.3, 0.4) is 0 Å². The summed E-state index contributed by atoms with van der Waals surface area (Å²) in [6.45, 7) is 2.30. The third-order valence-electron chi connectivity index (χ3n) is 2.05. The summed E-state index contributed by atoms with van der Waals surface area (Å²) in [5.74, 6) is 0.239. The van der Waals surface area contributed by atoms with E-state index in [4.69, 9.17) is 0 Å². The molecule has 0 fully saturated rings. The SMILES string of the molecule is CNCC(C)(O)Cc1cccc(O)c1. The first-order valence-corrected chi connectivity index (χ1v) is 4.68. The minimum atomic E-state index is -0.775. The molecule has 0 radical (unpaired) electrons. The summed E-state index contributed by atoms with van der Waals surface area (Å²) in [4.78, 5) is 0. The highest BCUT2D eigenvalue weighted by atomic mass is 16.3. The molecule has 0 bridgehead atoms. The number of phenolic OH excluding ortho intramolecular Hbond substituents is 1. The molecular formula is C11H17NO2. The van der Waals surface area contributed by atoms with Gasteiger partial charge in [0, 0.05) is 13.0 Å². The minimum Gasteiger partial charge on any atom is -0.508 e. The first-order chi connectivity index (χ1) is 6.53. The lowest BCUT2D eigenvalue weighted by Crippen LogP contribution is -2.38. The van der Waals surface area contributed by atoms with Crippen molar-refractivity contribution >= 4 is 0 Å². The lowest BCUT2D eigenvalue weighted by atomic mass is 9.96. The number of aliphatic hydroxyl groups is 1. The Morgan fingerprint density at radius 3 is 2.71 bits per heavy atom. The van der Waals surface area contributed by atoms with Crippen LogP contribution in [0.4, 0.5) is 0 Å². The molecule has 0 aromatic heterocycles. The molecule has 0 aliphatic rings. The van der Waals surface area contributed by atoms with Crippen LogP contribution in [0.2, 0.25) is 0 Å². The Morgan fingerprint density at radius 1 is 1.43 bits per heavy atom. The molecule has 1 rings (SSSR count). The molecule has 0 saturated carbocycles. The Kier molecular flexibility index (Phi) is 3.49. The average molecular weight is 195 g/mol. The Labute approximate surface area is 84.4 Å². The molecule has 1 atom stereocenters. The van der Waals surface area contributed by atoms with Gasteiger partial charge >= 0.3 is 0 Å². The maximum atomic E-state index is 9.91. The second-order valence-electron chi connectivity index (χ2n) is 3.87. The normalized spacial score (nSPS) is 15.1. The molecule has 0 spiro atoms. The van der Waals surface area contributed by atoms with Gasteiger partial charge in [0.05, 0.1) is 5.60 Å². The lowest BCUT2D eigenvalue weighted by Gasteiger charge is -2.22. The highest BCUT2D eigenvalue weighted by Crippen LogP contribution is 2.16. The van der Waals surface area contributed by atoms with Crippen LogP contribution in [0.1, 0.15) is 12.5 Å². The van der Waals surface area contributed by atoms with Crippen molar-refractivity contribution in [3.63, 3.8) is 0 Å². The molecule has 0 aliphatic heterocycles. The van der Waals surface area contributed by atoms with Crippen molar-refractivity contribution in [3.05, 3.63) is 29.8 Å². The van der Waals surface area contributed by atoms with Crippen LogP contribution in [-0.2, 0) is 6.42 Å². The molecule has 14 heavy (non-hydrogen) atoms. The van der Waals surface area contributed by atoms with Gasteiger partial charge in [-0.3, -0.25) is 0 Å². The van der Waals surface area contributed by atoms with E-state index in [1.54, 1.807) is 32.2 Å². The van der Waals surface area contributed by atoms with Gasteiger partial charge in [0.2, 0.25) is 0 Å². The van der Waals surface area contributed by atoms with E-state index in [0.29, 0.717) is 13.0 Å². The number of aromatic hydroxyl groups is 1. The van der Waals surface area contributed by atoms with Crippen LogP contribution in [0.5, 0.6) is 5.75 Å². The third-order valence-corrected chi connectivity index (χ3v) is 2.05. The van der Waals surface area contributed by atoms with Gasteiger partial charge in [-0.2, -0.15) is 0 Å². The van der Waals surface area contributed by atoms with E-state index in [1.165, 1.54) is 0 Å². The van der Waals surface area contributed by atoms with Crippen molar-refractivity contribution in [2.75, 3.05) is 13.6 Å². The van der Waals surface area contributed by atoms with E-state index in [0.717, 1.165) is 5.56 Å². The van der Waals surface area contributed by atoms with E-state index in [2.05, 4.69) is 5.32 Å². The first-order valence-electron chi connectivity index (χ1n) is 4.68. The van der Waals surface area contributed by atoms with Crippen LogP contribution < -0.4 is 5.32 Å². The molecule has 3 heteroatoms. The van der Waals surface area contributed by atoms with Gasteiger partial charge in [-0.25, -0.2) is 0 Å². The number of phenols is 1. The van der Waals surface area contributed by atoms with Crippen molar-refractivity contribution < 1.29 is 10.2 Å². The average Bonchev–Trinajstić information content (AvgIpc) is 2.02. The van der Waals surface area contributed by atoms with Crippen molar-refractivity contribution in [1.29, 1.82) is 0 Å². The third kappa shape index (κ3) is 3.36. The zero-order chi connectivity index (χ0) is 10.6. The zero-order valence-corrected chi connectivity index (χ0v) is 8.62. The number of benzene rings is 1. The van der Waals surface area contributed by atoms with Crippen molar-refractivity contribution in [2.45, 2.75) is 18.9 Å². The van der Waals surface area contributed by atoms with E-state index in [9.17, 15) is 10.2 Å². The fourth-order valence-electron chi connectivity index (χ4n) is 1.55. The standard InChI is InChI=1S/C11H17NO2/c1-11(14,8-12-2)7-9-4-3-5-10(13)6-9/h3-6,12-14H,7-8H2,1-2H3.